The van der Waals surface area contributed by atoms with E-state index in [0.717, 1.165) is 15.4 Å². The molecule has 0 N–H and O–H groups in total. The molecule has 2 aromatic rings. The molecule has 114 valence electrons. The molecule has 0 aromatic heterocycles. The third-order valence-electron chi connectivity index (χ3n) is 3.56. The summed E-state index contributed by atoms with van der Waals surface area (Å²) < 4.78 is 31.1. The van der Waals surface area contributed by atoms with Gasteiger partial charge in [-0.15, -0.1) is 0 Å². The number of carbonyl (C=O) groups is 1. The van der Waals surface area contributed by atoms with Crippen LogP contribution < -0.4 is 0 Å². The molecule has 1 aliphatic rings. The average Bonchev–Trinajstić information content (AvgIpc) is 2.91. The Hall–Kier alpha value is -2.34. The van der Waals surface area contributed by atoms with E-state index in [1.54, 1.807) is 24.3 Å². The Labute approximate surface area is 129 Å². The summed E-state index contributed by atoms with van der Waals surface area (Å²) in [6.07, 6.45) is -1.41. The maximum atomic E-state index is 12.6. The van der Waals surface area contributed by atoms with Crippen LogP contribution in [0, 0.1) is 6.92 Å². The van der Waals surface area contributed by atoms with Crippen molar-refractivity contribution >= 4 is 16.1 Å². The van der Waals surface area contributed by atoms with Gasteiger partial charge in [0.15, 0.2) is 0 Å². The zero-order valence-electron chi connectivity index (χ0n) is 12.0. The number of cyclic esters (lactones) is 1. The van der Waals surface area contributed by atoms with Crippen molar-refractivity contribution in [2.24, 2.45) is 0 Å². The van der Waals surface area contributed by atoms with Gasteiger partial charge in [0.1, 0.15) is 6.10 Å². The summed E-state index contributed by atoms with van der Waals surface area (Å²) in [7, 11) is -3.89. The van der Waals surface area contributed by atoms with Gasteiger partial charge in [0.2, 0.25) is 0 Å². The van der Waals surface area contributed by atoms with Crippen LogP contribution in [0.3, 0.4) is 0 Å². The number of hydrogen-bond acceptors (Lipinski definition) is 4. The minimum absolute atomic E-state index is 0.0148. The maximum Gasteiger partial charge on any atom is 0.424 e. The molecule has 6 heteroatoms. The fourth-order valence-electron chi connectivity index (χ4n) is 2.32. The number of benzene rings is 2. The van der Waals surface area contributed by atoms with Crippen molar-refractivity contribution in [3.63, 3.8) is 0 Å². The minimum atomic E-state index is -3.89. The van der Waals surface area contributed by atoms with E-state index < -0.39 is 22.2 Å². The van der Waals surface area contributed by atoms with Crippen molar-refractivity contribution in [2.75, 3.05) is 6.54 Å². The molecule has 2 aromatic carbocycles. The normalized spacial score (nSPS) is 18.3. The van der Waals surface area contributed by atoms with E-state index in [1.165, 1.54) is 12.1 Å². The molecule has 5 nitrogen and oxygen atoms in total. The monoisotopic (exact) mass is 317 g/mol. The lowest BCUT2D eigenvalue weighted by Gasteiger charge is -2.13. The molecule has 1 unspecified atom stereocenters. The first-order chi connectivity index (χ1) is 10.5. The molecule has 1 fully saturated rings. The quantitative estimate of drug-likeness (QED) is 0.873. The van der Waals surface area contributed by atoms with Gasteiger partial charge in [-0.3, -0.25) is 0 Å². The van der Waals surface area contributed by atoms with Crippen LogP contribution in [0.15, 0.2) is 59.5 Å². The molecule has 1 amide bonds. The van der Waals surface area contributed by atoms with E-state index in [9.17, 15) is 13.2 Å². The van der Waals surface area contributed by atoms with Crippen LogP contribution in [0.25, 0.3) is 0 Å². The van der Waals surface area contributed by atoms with Crippen molar-refractivity contribution in [3.8, 4) is 0 Å². The average molecular weight is 317 g/mol. The van der Waals surface area contributed by atoms with Gasteiger partial charge in [-0.2, -0.15) is 4.31 Å². The largest absolute Gasteiger partial charge is 0.439 e. The summed E-state index contributed by atoms with van der Waals surface area (Å²) in [5.41, 5.74) is 1.72. The summed E-state index contributed by atoms with van der Waals surface area (Å²) >= 11 is 0. The molecule has 0 spiro atoms. The smallest absolute Gasteiger partial charge is 0.424 e. The fourth-order valence-corrected chi connectivity index (χ4v) is 3.62. The van der Waals surface area contributed by atoms with E-state index >= 15 is 0 Å². The first kappa shape index (κ1) is 14.6. The second kappa shape index (κ2) is 5.46. The van der Waals surface area contributed by atoms with Crippen LogP contribution in [-0.2, 0) is 14.8 Å². The highest BCUT2D eigenvalue weighted by Gasteiger charge is 2.40. The Morgan fingerprint density at radius 3 is 2.32 bits per heavy atom. The minimum Gasteiger partial charge on any atom is -0.439 e. The van der Waals surface area contributed by atoms with E-state index in [1.807, 2.05) is 25.1 Å². The molecule has 0 bridgehead atoms. The van der Waals surface area contributed by atoms with Crippen molar-refractivity contribution in [3.05, 3.63) is 65.7 Å². The van der Waals surface area contributed by atoms with Gasteiger partial charge in [-0.05, 0) is 24.6 Å². The van der Waals surface area contributed by atoms with Gasteiger partial charge in [-0.1, -0.05) is 48.0 Å². The van der Waals surface area contributed by atoms with Crippen molar-refractivity contribution in [1.29, 1.82) is 0 Å². The third kappa shape index (κ3) is 2.57. The second-order valence-corrected chi connectivity index (χ2v) is 6.99. The van der Waals surface area contributed by atoms with Crippen LogP contribution in [-0.4, -0.2) is 25.4 Å². The zero-order valence-corrected chi connectivity index (χ0v) is 12.8. The van der Waals surface area contributed by atoms with Gasteiger partial charge in [-0.25, -0.2) is 13.2 Å². The second-order valence-electron chi connectivity index (χ2n) is 5.13. The van der Waals surface area contributed by atoms with Gasteiger partial charge >= 0.3 is 6.09 Å². The maximum absolute atomic E-state index is 12.6. The first-order valence-corrected chi connectivity index (χ1v) is 8.27. The van der Waals surface area contributed by atoms with E-state index in [4.69, 9.17) is 4.74 Å². The predicted octanol–water partition coefficient (Wildman–Crippen LogP) is 2.88. The van der Waals surface area contributed by atoms with Gasteiger partial charge in [0, 0.05) is 0 Å². The van der Waals surface area contributed by atoms with Crippen LogP contribution in [0.2, 0.25) is 0 Å². The van der Waals surface area contributed by atoms with E-state index in [-0.39, 0.29) is 11.4 Å². The molecular formula is C16H15NO4S. The number of sulfonamides is 1. The lowest BCUT2D eigenvalue weighted by molar-refractivity contribution is 0.137. The summed E-state index contributed by atoms with van der Waals surface area (Å²) in [6.45, 7) is 1.85. The van der Waals surface area contributed by atoms with Gasteiger partial charge < -0.3 is 4.74 Å². The summed E-state index contributed by atoms with van der Waals surface area (Å²) in [6, 6.07) is 15.5. The summed E-state index contributed by atoms with van der Waals surface area (Å²) in [5.74, 6) is 0. The van der Waals surface area contributed by atoms with Crippen LogP contribution in [0.1, 0.15) is 17.2 Å². The highest BCUT2D eigenvalue weighted by molar-refractivity contribution is 7.89. The predicted molar refractivity (Wildman–Crippen MR) is 80.7 cm³/mol. The van der Waals surface area contributed by atoms with Crippen LogP contribution in [0.4, 0.5) is 4.79 Å². The first-order valence-electron chi connectivity index (χ1n) is 6.83. The van der Waals surface area contributed by atoms with Crippen molar-refractivity contribution < 1.29 is 17.9 Å². The topological polar surface area (TPSA) is 63.7 Å². The number of nitrogens with zero attached hydrogens (tertiary/aromatic N) is 1. The van der Waals surface area contributed by atoms with E-state index in [2.05, 4.69) is 0 Å². The molecule has 0 aliphatic carbocycles. The highest BCUT2D eigenvalue weighted by atomic mass is 32.2. The molecule has 1 atom stereocenters. The Morgan fingerprint density at radius 1 is 1.05 bits per heavy atom. The number of rotatable bonds is 3. The standard InChI is InChI=1S/C16H15NO4S/c1-12-7-9-14(10-8-12)22(19,20)17-11-15(21-16(17)18)13-5-3-2-4-6-13/h2-10,15H,11H2,1H3. The lowest BCUT2D eigenvalue weighted by Crippen LogP contribution is -2.31. The molecular weight excluding hydrogens is 302 g/mol. The number of hydrogen-bond donors (Lipinski definition) is 0. The van der Waals surface area contributed by atoms with Crippen LogP contribution in [0.5, 0.6) is 0 Å². The molecule has 22 heavy (non-hydrogen) atoms. The number of amides is 1. The molecule has 1 saturated heterocycles. The SMILES string of the molecule is Cc1ccc(S(=O)(=O)N2CC(c3ccccc3)OC2=O)cc1. The Balaban J connectivity index is 1.89. The number of carbonyl (C=O) groups excluding carboxylic acids is 1. The third-order valence-corrected chi connectivity index (χ3v) is 5.30. The number of aryl methyl sites for hydroxylation is 1. The summed E-state index contributed by atoms with van der Waals surface area (Å²) in [4.78, 5) is 12.1. The molecule has 1 aliphatic heterocycles. The number of ether oxygens (including phenoxy) is 1. The van der Waals surface area contributed by atoms with E-state index in [0.29, 0.717) is 0 Å². The highest BCUT2D eigenvalue weighted by Crippen LogP contribution is 2.30. The van der Waals surface area contributed by atoms with Gasteiger partial charge in [0.05, 0.1) is 11.4 Å². The molecule has 1 heterocycles. The molecule has 3 rings (SSSR count). The fraction of sp³-hybridized carbons (Fsp3) is 0.188. The van der Waals surface area contributed by atoms with Gasteiger partial charge in [0.25, 0.3) is 10.0 Å². The zero-order chi connectivity index (χ0) is 15.7. The molecule has 0 saturated carbocycles. The lowest BCUT2D eigenvalue weighted by atomic mass is 10.1. The Morgan fingerprint density at radius 2 is 1.68 bits per heavy atom. The van der Waals surface area contributed by atoms with Crippen molar-refractivity contribution in [2.45, 2.75) is 17.9 Å². The van der Waals surface area contributed by atoms with Crippen LogP contribution >= 0.6 is 0 Å². The van der Waals surface area contributed by atoms with Crippen molar-refractivity contribution in [1.82, 2.24) is 4.31 Å². The molecule has 0 radical (unpaired) electrons. The Bertz CT molecular complexity index is 785. The summed E-state index contributed by atoms with van der Waals surface area (Å²) in [5, 5.41) is 0. The Kier molecular flexibility index (Phi) is 3.62.